The fraction of sp³-hybridized carbons (Fsp3) is 0.400. The average Bonchev–Trinajstić information content (AvgIpc) is 2.48. The van der Waals surface area contributed by atoms with Crippen molar-refractivity contribution in [2.75, 3.05) is 18.1 Å². The van der Waals surface area contributed by atoms with Gasteiger partial charge >= 0.3 is 5.97 Å². The number of nitrogens with zero attached hydrogens (tertiary/aromatic N) is 1. The van der Waals surface area contributed by atoms with Gasteiger partial charge in [0.15, 0.2) is 6.61 Å². The predicted molar refractivity (Wildman–Crippen MR) is 78.8 cm³/mol. The maximum Gasteiger partial charge on any atom is 0.303 e. The van der Waals surface area contributed by atoms with Gasteiger partial charge in [-0.1, -0.05) is 12.1 Å². The number of hydrogen-bond donors (Lipinski definition) is 2. The number of carboxylic acids is 1. The van der Waals surface area contributed by atoms with Crippen LogP contribution in [0.15, 0.2) is 24.3 Å². The molecule has 1 atom stereocenters. The SMILES string of the molecule is CC(CCC(=O)O)NC(=O)CN1C(=O)COc2ccccc21. The number of carboxylic acid groups (broad SMARTS) is 1. The topological polar surface area (TPSA) is 95.9 Å². The summed E-state index contributed by atoms with van der Waals surface area (Å²) in [7, 11) is 0. The zero-order chi connectivity index (χ0) is 16.1. The van der Waals surface area contributed by atoms with Crippen LogP contribution in [-0.2, 0) is 14.4 Å². The Balaban J connectivity index is 1.96. The monoisotopic (exact) mass is 306 g/mol. The summed E-state index contributed by atoms with van der Waals surface area (Å²) in [6.45, 7) is 1.52. The Morgan fingerprint density at radius 2 is 2.14 bits per heavy atom. The zero-order valence-electron chi connectivity index (χ0n) is 12.2. The molecule has 0 aromatic heterocycles. The predicted octanol–water partition coefficient (Wildman–Crippen LogP) is 0.782. The number of rotatable bonds is 6. The lowest BCUT2D eigenvalue weighted by Crippen LogP contribution is -2.46. The van der Waals surface area contributed by atoms with Gasteiger partial charge in [0, 0.05) is 12.5 Å². The summed E-state index contributed by atoms with van der Waals surface area (Å²) in [5.74, 6) is -0.956. The molecule has 7 nitrogen and oxygen atoms in total. The van der Waals surface area contributed by atoms with Crippen LogP contribution in [0.25, 0.3) is 0 Å². The smallest absolute Gasteiger partial charge is 0.303 e. The third kappa shape index (κ3) is 3.97. The molecular formula is C15H18N2O5. The Labute approximate surface area is 127 Å². The van der Waals surface area contributed by atoms with E-state index in [1.54, 1.807) is 31.2 Å². The standard InChI is InChI=1S/C15H18N2O5/c1-10(6-7-15(20)21)16-13(18)8-17-11-4-2-3-5-12(11)22-9-14(17)19/h2-5,10H,6-9H2,1H3,(H,16,18)(H,20,21). The summed E-state index contributed by atoms with van der Waals surface area (Å²) < 4.78 is 5.31. The lowest BCUT2D eigenvalue weighted by atomic mass is 10.2. The van der Waals surface area contributed by atoms with Crippen molar-refractivity contribution in [1.82, 2.24) is 5.32 Å². The highest BCUT2D eigenvalue weighted by atomic mass is 16.5. The average molecular weight is 306 g/mol. The lowest BCUT2D eigenvalue weighted by Gasteiger charge is -2.29. The summed E-state index contributed by atoms with van der Waals surface area (Å²) in [6.07, 6.45) is 0.329. The summed E-state index contributed by atoms with van der Waals surface area (Å²) in [6, 6.07) is 6.74. The number of carbonyl (C=O) groups excluding carboxylic acids is 2. The molecule has 7 heteroatoms. The van der Waals surface area contributed by atoms with Crippen LogP contribution in [0, 0.1) is 0 Å². The molecule has 0 saturated heterocycles. The highest BCUT2D eigenvalue weighted by molar-refractivity contribution is 6.02. The summed E-state index contributed by atoms with van der Waals surface area (Å²) in [4.78, 5) is 35.8. The van der Waals surface area contributed by atoms with Crippen molar-refractivity contribution < 1.29 is 24.2 Å². The van der Waals surface area contributed by atoms with Crippen molar-refractivity contribution in [1.29, 1.82) is 0 Å². The number of ether oxygens (including phenoxy) is 1. The number of carbonyl (C=O) groups is 3. The zero-order valence-corrected chi connectivity index (χ0v) is 12.2. The Hall–Kier alpha value is -2.57. The van der Waals surface area contributed by atoms with Gasteiger partial charge in [0.2, 0.25) is 5.91 Å². The third-order valence-corrected chi connectivity index (χ3v) is 3.31. The molecule has 1 heterocycles. The molecule has 1 unspecified atom stereocenters. The molecule has 1 aromatic rings. The Bertz CT molecular complexity index is 587. The first-order valence-electron chi connectivity index (χ1n) is 7.00. The van der Waals surface area contributed by atoms with E-state index in [4.69, 9.17) is 9.84 Å². The number of benzene rings is 1. The molecule has 0 bridgehead atoms. The first kappa shape index (κ1) is 15.8. The quantitative estimate of drug-likeness (QED) is 0.809. The fourth-order valence-electron chi connectivity index (χ4n) is 2.20. The van der Waals surface area contributed by atoms with Gasteiger partial charge in [-0.2, -0.15) is 0 Å². The second-order valence-electron chi connectivity index (χ2n) is 5.14. The number of para-hydroxylation sites is 2. The molecule has 118 valence electrons. The summed E-state index contributed by atoms with van der Waals surface area (Å²) in [5, 5.41) is 11.3. The van der Waals surface area contributed by atoms with E-state index in [-0.39, 0.29) is 37.4 Å². The van der Waals surface area contributed by atoms with E-state index in [0.717, 1.165) is 0 Å². The molecule has 0 radical (unpaired) electrons. The van der Waals surface area contributed by atoms with Gasteiger partial charge in [-0.25, -0.2) is 0 Å². The number of aliphatic carboxylic acids is 1. The van der Waals surface area contributed by atoms with Crippen molar-refractivity contribution in [2.24, 2.45) is 0 Å². The highest BCUT2D eigenvalue weighted by Gasteiger charge is 2.27. The van der Waals surface area contributed by atoms with E-state index >= 15 is 0 Å². The Morgan fingerprint density at radius 1 is 1.41 bits per heavy atom. The van der Waals surface area contributed by atoms with E-state index in [2.05, 4.69) is 5.32 Å². The van der Waals surface area contributed by atoms with Crippen molar-refractivity contribution in [3.05, 3.63) is 24.3 Å². The van der Waals surface area contributed by atoms with Crippen molar-refractivity contribution in [3.8, 4) is 5.75 Å². The van der Waals surface area contributed by atoms with Crippen LogP contribution in [0.4, 0.5) is 5.69 Å². The molecular weight excluding hydrogens is 288 g/mol. The largest absolute Gasteiger partial charge is 0.482 e. The first-order valence-corrected chi connectivity index (χ1v) is 7.00. The maximum absolute atomic E-state index is 12.0. The van der Waals surface area contributed by atoms with Crippen LogP contribution in [-0.4, -0.2) is 42.1 Å². The fourth-order valence-corrected chi connectivity index (χ4v) is 2.20. The van der Waals surface area contributed by atoms with Crippen LogP contribution in [0.5, 0.6) is 5.75 Å². The van der Waals surface area contributed by atoms with E-state index < -0.39 is 5.97 Å². The molecule has 0 aliphatic carbocycles. The Kier molecular flexibility index (Phi) is 4.98. The number of amides is 2. The lowest BCUT2D eigenvalue weighted by molar-refractivity contribution is -0.137. The molecule has 1 aromatic carbocycles. The molecule has 2 N–H and O–H groups in total. The van der Waals surface area contributed by atoms with Crippen LogP contribution >= 0.6 is 0 Å². The molecule has 0 spiro atoms. The summed E-state index contributed by atoms with van der Waals surface area (Å²) in [5.41, 5.74) is 0.562. The van der Waals surface area contributed by atoms with Crippen LogP contribution in [0.2, 0.25) is 0 Å². The molecule has 22 heavy (non-hydrogen) atoms. The van der Waals surface area contributed by atoms with Crippen LogP contribution < -0.4 is 15.0 Å². The normalized spacial score (nSPS) is 14.8. The molecule has 1 aliphatic heterocycles. The van der Waals surface area contributed by atoms with Crippen molar-refractivity contribution >= 4 is 23.5 Å². The van der Waals surface area contributed by atoms with Gasteiger partial charge in [0.1, 0.15) is 12.3 Å². The third-order valence-electron chi connectivity index (χ3n) is 3.31. The van der Waals surface area contributed by atoms with Gasteiger partial charge in [-0.15, -0.1) is 0 Å². The second-order valence-corrected chi connectivity index (χ2v) is 5.14. The minimum atomic E-state index is -0.904. The molecule has 0 fully saturated rings. The number of nitrogens with one attached hydrogen (secondary N) is 1. The molecule has 1 aliphatic rings. The molecule has 0 saturated carbocycles. The number of fused-ring (bicyclic) bond motifs is 1. The van der Waals surface area contributed by atoms with Crippen LogP contribution in [0.3, 0.4) is 0 Å². The van der Waals surface area contributed by atoms with Gasteiger partial charge < -0.3 is 15.2 Å². The minimum Gasteiger partial charge on any atom is -0.482 e. The summed E-state index contributed by atoms with van der Waals surface area (Å²) >= 11 is 0. The van der Waals surface area contributed by atoms with Crippen molar-refractivity contribution in [3.63, 3.8) is 0 Å². The first-order chi connectivity index (χ1) is 10.5. The van der Waals surface area contributed by atoms with E-state index in [0.29, 0.717) is 17.9 Å². The minimum absolute atomic E-state index is 0.0131. The van der Waals surface area contributed by atoms with Gasteiger partial charge in [-0.3, -0.25) is 19.3 Å². The maximum atomic E-state index is 12.0. The van der Waals surface area contributed by atoms with Gasteiger partial charge in [0.05, 0.1) is 5.69 Å². The molecule has 2 amide bonds. The molecule has 2 rings (SSSR count). The van der Waals surface area contributed by atoms with E-state index in [1.165, 1.54) is 4.90 Å². The van der Waals surface area contributed by atoms with E-state index in [9.17, 15) is 14.4 Å². The van der Waals surface area contributed by atoms with E-state index in [1.807, 2.05) is 0 Å². The van der Waals surface area contributed by atoms with Crippen molar-refractivity contribution in [2.45, 2.75) is 25.8 Å². The van der Waals surface area contributed by atoms with Crippen LogP contribution in [0.1, 0.15) is 19.8 Å². The Morgan fingerprint density at radius 3 is 2.86 bits per heavy atom. The highest BCUT2D eigenvalue weighted by Crippen LogP contribution is 2.31. The number of hydrogen-bond acceptors (Lipinski definition) is 4. The number of anilines is 1. The van der Waals surface area contributed by atoms with Gasteiger partial charge in [-0.05, 0) is 25.5 Å². The van der Waals surface area contributed by atoms with Gasteiger partial charge in [0.25, 0.3) is 5.91 Å². The second kappa shape index (κ2) is 6.93.